The van der Waals surface area contributed by atoms with E-state index < -0.39 is 10.1 Å². The van der Waals surface area contributed by atoms with E-state index in [9.17, 15) is 8.42 Å². The molecular weight excluding hydrogens is 374 g/mol. The van der Waals surface area contributed by atoms with Crippen LogP contribution in [0.3, 0.4) is 0 Å². The highest BCUT2D eigenvalue weighted by Gasteiger charge is 2.24. The summed E-state index contributed by atoms with van der Waals surface area (Å²) < 4.78 is 35.4. The van der Waals surface area contributed by atoms with Crippen molar-refractivity contribution in [3.8, 4) is 0 Å². The molecule has 1 aliphatic rings. The van der Waals surface area contributed by atoms with Gasteiger partial charge in [0.2, 0.25) is 0 Å². The van der Waals surface area contributed by atoms with Crippen LogP contribution in [-0.4, -0.2) is 45.7 Å². The van der Waals surface area contributed by atoms with Crippen LogP contribution in [-0.2, 0) is 25.6 Å². The molecule has 1 aliphatic heterocycles. The maximum Gasteiger partial charge on any atom is 0.297 e. The molecule has 5 nitrogen and oxygen atoms in total. The summed E-state index contributed by atoms with van der Waals surface area (Å²) in [5.41, 5.74) is 2.24. The SMILES string of the molecule is Cc1ccc(S(=O)(=O)OCC2CN(Cc3ccccc3)CCO2)cc1.Cl. The monoisotopic (exact) mass is 397 g/mol. The zero-order chi connectivity index (χ0) is 17.7. The third-order valence-electron chi connectivity index (χ3n) is 4.19. The Kier molecular flexibility index (Phi) is 7.61. The normalized spacial score (nSPS) is 18.3. The fourth-order valence-electron chi connectivity index (χ4n) is 2.80. The smallest absolute Gasteiger partial charge is 0.297 e. The quantitative estimate of drug-likeness (QED) is 0.701. The number of benzene rings is 2. The van der Waals surface area contributed by atoms with Crippen LogP contribution in [0.5, 0.6) is 0 Å². The maximum atomic E-state index is 12.3. The maximum absolute atomic E-state index is 12.3. The Balaban J connectivity index is 0.00000243. The van der Waals surface area contributed by atoms with Crippen molar-refractivity contribution in [3.05, 3.63) is 65.7 Å². The molecule has 7 heteroatoms. The highest BCUT2D eigenvalue weighted by Crippen LogP contribution is 2.16. The van der Waals surface area contributed by atoms with Crippen LogP contribution in [0.15, 0.2) is 59.5 Å². The van der Waals surface area contributed by atoms with Crippen molar-refractivity contribution in [2.45, 2.75) is 24.5 Å². The molecule has 1 unspecified atom stereocenters. The first-order valence-corrected chi connectivity index (χ1v) is 9.78. The van der Waals surface area contributed by atoms with E-state index in [-0.39, 0.29) is 30.0 Å². The third-order valence-corrected chi connectivity index (χ3v) is 5.49. The molecule has 0 amide bonds. The Morgan fingerprint density at radius 3 is 2.50 bits per heavy atom. The van der Waals surface area contributed by atoms with Crippen LogP contribution in [0, 0.1) is 6.92 Å². The lowest BCUT2D eigenvalue weighted by Gasteiger charge is -2.32. The lowest BCUT2D eigenvalue weighted by Crippen LogP contribution is -2.44. The van der Waals surface area contributed by atoms with E-state index in [1.165, 1.54) is 5.56 Å². The first-order chi connectivity index (χ1) is 12.0. The number of nitrogens with zero attached hydrogens (tertiary/aromatic N) is 1. The van der Waals surface area contributed by atoms with Gasteiger partial charge in [0.1, 0.15) is 0 Å². The molecule has 1 heterocycles. The van der Waals surface area contributed by atoms with Crippen molar-refractivity contribution in [3.63, 3.8) is 0 Å². The summed E-state index contributed by atoms with van der Waals surface area (Å²) in [6.07, 6.45) is -0.252. The van der Waals surface area contributed by atoms with Crippen molar-refractivity contribution in [1.29, 1.82) is 0 Å². The molecule has 1 fully saturated rings. The van der Waals surface area contributed by atoms with Gasteiger partial charge in [0.15, 0.2) is 0 Å². The first kappa shape index (κ1) is 20.9. The average Bonchev–Trinajstić information content (AvgIpc) is 2.62. The largest absolute Gasteiger partial charge is 0.373 e. The lowest BCUT2D eigenvalue weighted by atomic mass is 10.2. The summed E-state index contributed by atoms with van der Waals surface area (Å²) in [7, 11) is -3.75. The highest BCUT2D eigenvalue weighted by molar-refractivity contribution is 7.86. The fourth-order valence-corrected chi connectivity index (χ4v) is 3.74. The second-order valence-corrected chi connectivity index (χ2v) is 7.88. The molecule has 0 saturated carbocycles. The van der Waals surface area contributed by atoms with E-state index in [1.807, 2.05) is 25.1 Å². The Hall–Kier alpha value is -1.44. The van der Waals surface area contributed by atoms with Gasteiger partial charge < -0.3 is 4.74 Å². The van der Waals surface area contributed by atoms with Gasteiger partial charge >= 0.3 is 0 Å². The van der Waals surface area contributed by atoms with Gasteiger partial charge in [-0.15, -0.1) is 12.4 Å². The van der Waals surface area contributed by atoms with Gasteiger partial charge in [0.25, 0.3) is 10.1 Å². The number of ether oxygens (including phenoxy) is 1. The predicted octanol–water partition coefficient (Wildman–Crippen LogP) is 3.02. The molecule has 0 spiro atoms. The summed E-state index contributed by atoms with van der Waals surface area (Å²) in [5, 5.41) is 0. The molecular formula is C19H24ClNO4S. The van der Waals surface area contributed by atoms with E-state index in [0.717, 1.165) is 18.7 Å². The molecule has 0 bridgehead atoms. The number of aryl methyl sites for hydroxylation is 1. The molecule has 0 radical (unpaired) electrons. The third kappa shape index (κ3) is 5.79. The van der Waals surface area contributed by atoms with E-state index in [4.69, 9.17) is 8.92 Å². The molecule has 3 rings (SSSR count). The minimum atomic E-state index is -3.75. The van der Waals surface area contributed by atoms with Gasteiger partial charge in [-0.3, -0.25) is 9.08 Å². The van der Waals surface area contributed by atoms with Gasteiger partial charge in [0, 0.05) is 19.6 Å². The van der Waals surface area contributed by atoms with Gasteiger partial charge in [-0.05, 0) is 24.6 Å². The Bertz CT molecular complexity index is 781. The summed E-state index contributed by atoms with van der Waals surface area (Å²) in [6.45, 7) is 4.82. The van der Waals surface area contributed by atoms with E-state index in [1.54, 1.807) is 24.3 Å². The Morgan fingerprint density at radius 1 is 1.12 bits per heavy atom. The van der Waals surface area contributed by atoms with Crippen LogP contribution in [0.4, 0.5) is 0 Å². The van der Waals surface area contributed by atoms with Crippen LogP contribution >= 0.6 is 12.4 Å². The minimum absolute atomic E-state index is 0. The van der Waals surface area contributed by atoms with E-state index >= 15 is 0 Å². The zero-order valence-electron chi connectivity index (χ0n) is 14.7. The van der Waals surface area contributed by atoms with Crippen molar-refractivity contribution in [1.82, 2.24) is 4.90 Å². The topological polar surface area (TPSA) is 55.8 Å². The summed E-state index contributed by atoms with van der Waals surface area (Å²) in [4.78, 5) is 2.43. The Morgan fingerprint density at radius 2 is 1.81 bits per heavy atom. The van der Waals surface area contributed by atoms with Crippen molar-refractivity contribution < 1.29 is 17.3 Å². The first-order valence-electron chi connectivity index (χ1n) is 8.37. The Labute approximate surface area is 161 Å². The lowest BCUT2D eigenvalue weighted by molar-refractivity contribution is -0.0495. The average molecular weight is 398 g/mol. The molecule has 0 aromatic heterocycles. The van der Waals surface area contributed by atoms with E-state index in [0.29, 0.717) is 13.2 Å². The number of hydrogen-bond acceptors (Lipinski definition) is 5. The molecule has 0 aliphatic carbocycles. The number of hydrogen-bond donors (Lipinski definition) is 0. The second-order valence-electron chi connectivity index (χ2n) is 6.27. The summed E-state index contributed by atoms with van der Waals surface area (Å²) in [6, 6.07) is 16.8. The summed E-state index contributed by atoms with van der Waals surface area (Å²) in [5.74, 6) is 0. The van der Waals surface area contributed by atoms with Gasteiger partial charge in [-0.2, -0.15) is 8.42 Å². The molecule has 1 saturated heterocycles. The highest BCUT2D eigenvalue weighted by atomic mass is 35.5. The van der Waals surface area contributed by atoms with Crippen molar-refractivity contribution in [2.75, 3.05) is 26.3 Å². The van der Waals surface area contributed by atoms with Gasteiger partial charge in [0.05, 0.1) is 24.2 Å². The van der Waals surface area contributed by atoms with Gasteiger partial charge in [-0.25, -0.2) is 0 Å². The van der Waals surface area contributed by atoms with Crippen LogP contribution in [0.1, 0.15) is 11.1 Å². The molecule has 2 aromatic rings. The van der Waals surface area contributed by atoms with Crippen LogP contribution in [0.2, 0.25) is 0 Å². The molecule has 1 atom stereocenters. The standard InChI is InChI=1S/C19H23NO4S.ClH/c1-16-7-9-19(10-8-16)25(21,22)24-15-18-14-20(11-12-23-18)13-17-5-3-2-4-6-17;/h2-10,18H,11-15H2,1H3;1H. The predicted molar refractivity (Wildman–Crippen MR) is 103 cm³/mol. The molecule has 26 heavy (non-hydrogen) atoms. The number of halogens is 1. The number of rotatable bonds is 6. The second kappa shape index (κ2) is 9.48. The van der Waals surface area contributed by atoms with Crippen LogP contribution in [0.25, 0.3) is 0 Å². The minimum Gasteiger partial charge on any atom is -0.373 e. The summed E-state index contributed by atoms with van der Waals surface area (Å²) >= 11 is 0. The fraction of sp³-hybridized carbons (Fsp3) is 0.368. The molecule has 2 aromatic carbocycles. The number of morpholine rings is 1. The van der Waals surface area contributed by atoms with E-state index in [2.05, 4.69) is 17.0 Å². The molecule has 142 valence electrons. The zero-order valence-corrected chi connectivity index (χ0v) is 16.3. The van der Waals surface area contributed by atoms with Crippen LogP contribution < -0.4 is 0 Å². The van der Waals surface area contributed by atoms with Gasteiger partial charge in [-0.1, -0.05) is 48.0 Å². The van der Waals surface area contributed by atoms with Crippen molar-refractivity contribution >= 4 is 22.5 Å². The molecule has 0 N–H and O–H groups in total. The van der Waals surface area contributed by atoms with Crippen molar-refractivity contribution in [2.24, 2.45) is 0 Å².